The second-order valence-corrected chi connectivity index (χ2v) is 4.60. The monoisotopic (exact) mass is 240 g/mol. The average Bonchev–Trinajstić information content (AvgIpc) is 2.45. The molecule has 0 amide bonds. The molecule has 94 valence electrons. The van der Waals surface area contributed by atoms with Crippen LogP contribution in [0.4, 0.5) is 0 Å². The Kier molecular flexibility index (Phi) is 4.91. The van der Waals surface area contributed by atoms with Crippen molar-refractivity contribution in [2.45, 2.75) is 25.8 Å². The van der Waals surface area contributed by atoms with Crippen molar-refractivity contribution >= 4 is 0 Å². The van der Waals surface area contributed by atoms with Crippen LogP contribution in [-0.2, 0) is 6.54 Å². The largest absolute Gasteiger partial charge is 0.311 e. The summed E-state index contributed by atoms with van der Waals surface area (Å²) in [7, 11) is 0. The second-order valence-electron chi connectivity index (χ2n) is 4.60. The van der Waals surface area contributed by atoms with Crippen molar-refractivity contribution in [1.82, 2.24) is 10.3 Å². The van der Waals surface area contributed by atoms with Gasteiger partial charge < -0.3 is 5.32 Å². The topological polar surface area (TPSA) is 24.9 Å². The minimum Gasteiger partial charge on any atom is -0.311 e. The van der Waals surface area contributed by atoms with E-state index in [1.54, 1.807) is 0 Å². The second kappa shape index (κ2) is 6.92. The molecule has 0 spiro atoms. The number of pyridine rings is 1. The first-order valence-corrected chi connectivity index (χ1v) is 6.52. The fourth-order valence-electron chi connectivity index (χ4n) is 1.99. The fraction of sp³-hybridized carbons (Fsp3) is 0.312. The van der Waals surface area contributed by atoms with Gasteiger partial charge >= 0.3 is 0 Å². The minimum absolute atomic E-state index is 0.599. The van der Waals surface area contributed by atoms with E-state index in [1.807, 2.05) is 24.4 Å². The summed E-state index contributed by atoms with van der Waals surface area (Å²) in [6, 6.07) is 16.7. The van der Waals surface area contributed by atoms with Crippen LogP contribution in [0.15, 0.2) is 54.7 Å². The number of nitrogens with one attached hydrogen (secondary N) is 1. The molecular formula is C16H20N2. The van der Waals surface area contributed by atoms with Crippen LogP contribution in [0.3, 0.4) is 0 Å². The molecule has 1 atom stereocenters. The Labute approximate surface area is 109 Å². The summed E-state index contributed by atoms with van der Waals surface area (Å²) in [6.45, 7) is 4.15. The fourth-order valence-corrected chi connectivity index (χ4v) is 1.99. The molecule has 2 nitrogen and oxygen atoms in total. The molecule has 1 unspecified atom stereocenters. The highest BCUT2D eigenvalue weighted by molar-refractivity contribution is 5.18. The third-order valence-electron chi connectivity index (χ3n) is 3.16. The Morgan fingerprint density at radius 3 is 2.56 bits per heavy atom. The number of aromatic nitrogens is 1. The lowest BCUT2D eigenvalue weighted by molar-refractivity contribution is 0.589. The maximum Gasteiger partial charge on any atom is 0.0541 e. The lowest BCUT2D eigenvalue weighted by Gasteiger charge is -2.12. The normalized spacial score (nSPS) is 12.3. The summed E-state index contributed by atoms with van der Waals surface area (Å²) in [4.78, 5) is 4.29. The SMILES string of the molecule is CC(CCNCc1ccccn1)c1ccccc1. The molecule has 18 heavy (non-hydrogen) atoms. The zero-order chi connectivity index (χ0) is 12.6. The predicted molar refractivity (Wildman–Crippen MR) is 75.4 cm³/mol. The first-order chi connectivity index (χ1) is 8.86. The maximum absolute atomic E-state index is 4.29. The molecule has 2 aromatic rings. The van der Waals surface area contributed by atoms with Gasteiger partial charge in [0.25, 0.3) is 0 Å². The van der Waals surface area contributed by atoms with E-state index in [-0.39, 0.29) is 0 Å². The summed E-state index contributed by atoms with van der Waals surface area (Å²) in [5.41, 5.74) is 2.52. The van der Waals surface area contributed by atoms with Crippen LogP contribution in [-0.4, -0.2) is 11.5 Å². The smallest absolute Gasteiger partial charge is 0.0541 e. The number of nitrogens with zero attached hydrogens (tertiary/aromatic N) is 1. The van der Waals surface area contributed by atoms with Gasteiger partial charge in [0.05, 0.1) is 5.69 Å². The van der Waals surface area contributed by atoms with Gasteiger partial charge in [-0.2, -0.15) is 0 Å². The number of rotatable bonds is 6. The molecular weight excluding hydrogens is 220 g/mol. The molecule has 0 bridgehead atoms. The van der Waals surface area contributed by atoms with Crippen molar-refractivity contribution in [1.29, 1.82) is 0 Å². The lowest BCUT2D eigenvalue weighted by Crippen LogP contribution is -2.17. The molecule has 0 aliphatic carbocycles. The zero-order valence-electron chi connectivity index (χ0n) is 10.8. The van der Waals surface area contributed by atoms with Crippen molar-refractivity contribution in [3.8, 4) is 0 Å². The van der Waals surface area contributed by atoms with Gasteiger partial charge in [0.15, 0.2) is 0 Å². The number of benzene rings is 1. The van der Waals surface area contributed by atoms with Crippen molar-refractivity contribution in [3.63, 3.8) is 0 Å². The molecule has 1 heterocycles. The highest BCUT2D eigenvalue weighted by Crippen LogP contribution is 2.17. The molecule has 0 saturated heterocycles. The molecule has 0 fully saturated rings. The zero-order valence-corrected chi connectivity index (χ0v) is 10.8. The quantitative estimate of drug-likeness (QED) is 0.783. The van der Waals surface area contributed by atoms with Crippen molar-refractivity contribution in [2.24, 2.45) is 0 Å². The van der Waals surface area contributed by atoms with Gasteiger partial charge in [-0.1, -0.05) is 43.3 Å². The molecule has 2 heteroatoms. The summed E-state index contributed by atoms with van der Waals surface area (Å²) in [5.74, 6) is 0.599. The molecule has 0 saturated carbocycles. The Bertz CT molecular complexity index is 439. The molecule has 0 aliphatic heterocycles. The van der Waals surface area contributed by atoms with Gasteiger partial charge in [0.1, 0.15) is 0 Å². The van der Waals surface area contributed by atoms with Gasteiger partial charge in [-0.3, -0.25) is 4.98 Å². The van der Waals surface area contributed by atoms with Crippen molar-refractivity contribution < 1.29 is 0 Å². The lowest BCUT2D eigenvalue weighted by atomic mass is 9.98. The molecule has 0 aliphatic rings. The Hall–Kier alpha value is -1.67. The summed E-state index contributed by atoms with van der Waals surface area (Å²) >= 11 is 0. The van der Waals surface area contributed by atoms with E-state index in [0.717, 1.165) is 25.2 Å². The van der Waals surface area contributed by atoms with E-state index >= 15 is 0 Å². The third-order valence-corrected chi connectivity index (χ3v) is 3.16. The van der Waals surface area contributed by atoms with Crippen LogP contribution >= 0.6 is 0 Å². The van der Waals surface area contributed by atoms with Crippen LogP contribution in [0.5, 0.6) is 0 Å². The molecule has 0 radical (unpaired) electrons. The highest BCUT2D eigenvalue weighted by atomic mass is 14.9. The van der Waals surface area contributed by atoms with E-state index in [9.17, 15) is 0 Å². The van der Waals surface area contributed by atoms with Gasteiger partial charge in [-0.15, -0.1) is 0 Å². The van der Waals surface area contributed by atoms with Crippen LogP contribution < -0.4 is 5.32 Å². The van der Waals surface area contributed by atoms with Gasteiger partial charge in [-0.25, -0.2) is 0 Å². The Morgan fingerprint density at radius 1 is 1.06 bits per heavy atom. The van der Waals surface area contributed by atoms with Crippen molar-refractivity contribution in [2.75, 3.05) is 6.54 Å². The standard InChI is InChI=1S/C16H20N2/c1-14(15-7-3-2-4-8-15)10-12-17-13-16-9-5-6-11-18-16/h2-9,11,14,17H,10,12-13H2,1H3. The van der Waals surface area contributed by atoms with Gasteiger partial charge in [0.2, 0.25) is 0 Å². The number of hydrogen-bond acceptors (Lipinski definition) is 2. The molecule has 1 aromatic heterocycles. The van der Waals surface area contributed by atoms with Gasteiger partial charge in [0, 0.05) is 12.7 Å². The van der Waals surface area contributed by atoms with Crippen LogP contribution in [0.25, 0.3) is 0 Å². The van der Waals surface area contributed by atoms with Crippen LogP contribution in [0, 0.1) is 0 Å². The first kappa shape index (κ1) is 12.8. The summed E-state index contributed by atoms with van der Waals surface area (Å²) in [5, 5.41) is 3.44. The molecule has 1 aromatic carbocycles. The average molecular weight is 240 g/mol. The highest BCUT2D eigenvalue weighted by Gasteiger charge is 2.03. The van der Waals surface area contributed by atoms with Crippen LogP contribution in [0.2, 0.25) is 0 Å². The first-order valence-electron chi connectivity index (χ1n) is 6.52. The van der Waals surface area contributed by atoms with E-state index in [1.165, 1.54) is 5.56 Å². The van der Waals surface area contributed by atoms with E-state index in [2.05, 4.69) is 47.6 Å². The van der Waals surface area contributed by atoms with Crippen molar-refractivity contribution in [3.05, 3.63) is 66.0 Å². The predicted octanol–water partition coefficient (Wildman–Crippen LogP) is 3.37. The third kappa shape index (κ3) is 3.97. The van der Waals surface area contributed by atoms with E-state index in [0.29, 0.717) is 5.92 Å². The van der Waals surface area contributed by atoms with Gasteiger partial charge in [-0.05, 0) is 36.6 Å². The van der Waals surface area contributed by atoms with E-state index < -0.39 is 0 Å². The van der Waals surface area contributed by atoms with Crippen LogP contribution in [0.1, 0.15) is 30.5 Å². The maximum atomic E-state index is 4.29. The number of hydrogen-bond donors (Lipinski definition) is 1. The summed E-state index contributed by atoms with van der Waals surface area (Å²) < 4.78 is 0. The molecule has 1 N–H and O–H groups in total. The Balaban J connectivity index is 1.70. The minimum atomic E-state index is 0.599. The molecule has 2 rings (SSSR count). The Morgan fingerprint density at radius 2 is 1.83 bits per heavy atom. The summed E-state index contributed by atoms with van der Waals surface area (Å²) in [6.07, 6.45) is 2.99. The van der Waals surface area contributed by atoms with E-state index in [4.69, 9.17) is 0 Å².